The van der Waals surface area contributed by atoms with Crippen molar-refractivity contribution in [2.24, 2.45) is 0 Å². The number of ether oxygens (including phenoxy) is 1. The number of carbonyl (C=O) groups excluding carboxylic acids is 2. The van der Waals surface area contributed by atoms with E-state index in [1.54, 1.807) is 0 Å². The van der Waals surface area contributed by atoms with Crippen LogP contribution in [0.25, 0.3) is 11.3 Å². The van der Waals surface area contributed by atoms with Crippen molar-refractivity contribution in [2.75, 3.05) is 7.11 Å². The number of hydrogen-bond donors (Lipinski definition) is 0. The molecule has 21 heavy (non-hydrogen) atoms. The molecule has 1 aromatic carbocycles. The van der Waals surface area contributed by atoms with Gasteiger partial charge in [0, 0.05) is 16.1 Å². The first-order valence-electron chi connectivity index (χ1n) is 5.59. The van der Waals surface area contributed by atoms with Gasteiger partial charge in [-0.2, -0.15) is 0 Å². The number of rotatable bonds is 4. The van der Waals surface area contributed by atoms with E-state index in [0.29, 0.717) is 22.1 Å². The molecule has 108 valence electrons. The van der Waals surface area contributed by atoms with E-state index in [-0.39, 0.29) is 17.0 Å². The molecule has 2 aromatic rings. The number of halogens is 1. The van der Waals surface area contributed by atoms with Crippen molar-refractivity contribution in [1.29, 1.82) is 0 Å². The van der Waals surface area contributed by atoms with Gasteiger partial charge in [-0.1, -0.05) is 0 Å². The SMILES string of the molecule is COC(=O)c1cc(-c2ccc(C=O)o2)c(Br)cc1[N+](=O)[O-]. The Balaban J connectivity index is 2.65. The molecule has 0 saturated heterocycles. The fourth-order valence-corrected chi connectivity index (χ4v) is 2.26. The maximum Gasteiger partial charge on any atom is 0.344 e. The molecule has 0 radical (unpaired) electrons. The fraction of sp³-hybridized carbons (Fsp3) is 0.0769. The zero-order chi connectivity index (χ0) is 15.6. The number of esters is 1. The number of hydrogen-bond acceptors (Lipinski definition) is 6. The summed E-state index contributed by atoms with van der Waals surface area (Å²) >= 11 is 3.18. The van der Waals surface area contributed by atoms with Crippen molar-refractivity contribution in [2.45, 2.75) is 0 Å². The highest BCUT2D eigenvalue weighted by Gasteiger charge is 2.24. The predicted molar refractivity (Wildman–Crippen MR) is 75.2 cm³/mol. The van der Waals surface area contributed by atoms with Gasteiger partial charge in [-0.15, -0.1) is 0 Å². The molecule has 2 rings (SSSR count). The highest BCUT2D eigenvalue weighted by Crippen LogP contribution is 2.35. The number of carbonyl (C=O) groups is 2. The number of benzene rings is 1. The molecule has 0 spiro atoms. The van der Waals surface area contributed by atoms with Gasteiger partial charge < -0.3 is 9.15 Å². The van der Waals surface area contributed by atoms with E-state index in [0.717, 1.165) is 7.11 Å². The lowest BCUT2D eigenvalue weighted by molar-refractivity contribution is -0.385. The fourth-order valence-electron chi connectivity index (χ4n) is 1.74. The number of nitro benzene ring substituents is 1. The number of methoxy groups -OCH3 is 1. The summed E-state index contributed by atoms with van der Waals surface area (Å²) in [4.78, 5) is 32.6. The van der Waals surface area contributed by atoms with E-state index in [9.17, 15) is 19.7 Å². The Kier molecular flexibility index (Phi) is 4.18. The average Bonchev–Trinajstić information content (AvgIpc) is 2.94. The van der Waals surface area contributed by atoms with Gasteiger partial charge in [0.25, 0.3) is 5.69 Å². The molecule has 0 aliphatic carbocycles. The smallest absolute Gasteiger partial charge is 0.344 e. The lowest BCUT2D eigenvalue weighted by Crippen LogP contribution is -2.06. The summed E-state index contributed by atoms with van der Waals surface area (Å²) in [6.07, 6.45) is 0.532. The van der Waals surface area contributed by atoms with Crippen molar-refractivity contribution >= 4 is 33.9 Å². The number of nitro groups is 1. The Bertz CT molecular complexity index is 736. The minimum Gasteiger partial charge on any atom is -0.465 e. The van der Waals surface area contributed by atoms with Crippen LogP contribution in [0.15, 0.2) is 33.2 Å². The van der Waals surface area contributed by atoms with Gasteiger partial charge in [0.2, 0.25) is 0 Å². The van der Waals surface area contributed by atoms with Gasteiger partial charge in [0.05, 0.1) is 12.0 Å². The molecular weight excluding hydrogens is 346 g/mol. The third-order valence-corrected chi connectivity index (χ3v) is 3.35. The average molecular weight is 354 g/mol. The molecule has 0 bridgehead atoms. The van der Waals surface area contributed by atoms with E-state index in [1.165, 1.54) is 24.3 Å². The normalized spacial score (nSPS) is 10.2. The minimum absolute atomic E-state index is 0.106. The third kappa shape index (κ3) is 2.84. The topological polar surface area (TPSA) is 99.7 Å². The van der Waals surface area contributed by atoms with Crippen LogP contribution in [0, 0.1) is 10.1 Å². The monoisotopic (exact) mass is 353 g/mol. The largest absolute Gasteiger partial charge is 0.465 e. The predicted octanol–water partition coefficient (Wildman–Crippen LogP) is 3.22. The molecule has 0 atom stereocenters. The van der Waals surface area contributed by atoms with Crippen LogP contribution >= 0.6 is 15.9 Å². The molecule has 0 saturated carbocycles. The van der Waals surface area contributed by atoms with Crippen LogP contribution in [0.2, 0.25) is 0 Å². The molecule has 8 heteroatoms. The second kappa shape index (κ2) is 5.88. The van der Waals surface area contributed by atoms with Crippen LogP contribution in [-0.4, -0.2) is 24.3 Å². The molecule has 0 aliphatic heterocycles. The summed E-state index contributed by atoms with van der Waals surface area (Å²) in [6.45, 7) is 0. The maximum absolute atomic E-state index is 11.7. The van der Waals surface area contributed by atoms with Crippen molar-refractivity contribution in [3.63, 3.8) is 0 Å². The second-order valence-electron chi connectivity index (χ2n) is 3.92. The van der Waals surface area contributed by atoms with Gasteiger partial charge in [-0.05, 0) is 34.1 Å². The van der Waals surface area contributed by atoms with E-state index in [4.69, 9.17) is 4.42 Å². The first-order valence-corrected chi connectivity index (χ1v) is 6.39. The van der Waals surface area contributed by atoms with Gasteiger partial charge in [-0.25, -0.2) is 4.79 Å². The number of nitrogens with zero attached hydrogens (tertiary/aromatic N) is 1. The van der Waals surface area contributed by atoms with Gasteiger partial charge in [0.15, 0.2) is 12.0 Å². The zero-order valence-electron chi connectivity index (χ0n) is 10.7. The van der Waals surface area contributed by atoms with Crippen LogP contribution in [0.1, 0.15) is 20.9 Å². The van der Waals surface area contributed by atoms with Crippen molar-refractivity contribution in [3.05, 3.63) is 50.2 Å². The minimum atomic E-state index is -0.836. The second-order valence-corrected chi connectivity index (χ2v) is 4.77. The van der Waals surface area contributed by atoms with Crippen molar-refractivity contribution in [3.8, 4) is 11.3 Å². The molecule has 1 heterocycles. The van der Waals surface area contributed by atoms with Crippen LogP contribution in [-0.2, 0) is 4.74 Å². The highest BCUT2D eigenvalue weighted by molar-refractivity contribution is 9.10. The Labute approximate surface area is 126 Å². The Morgan fingerprint density at radius 3 is 2.67 bits per heavy atom. The first kappa shape index (κ1) is 14.9. The van der Waals surface area contributed by atoms with Gasteiger partial charge >= 0.3 is 5.97 Å². The van der Waals surface area contributed by atoms with Crippen LogP contribution in [0.3, 0.4) is 0 Å². The first-order chi connectivity index (χ1) is 9.97. The summed E-state index contributed by atoms with van der Waals surface area (Å²) in [5, 5.41) is 11.0. The molecule has 0 N–H and O–H groups in total. The standard InChI is InChI=1S/C13H8BrNO6/c1-20-13(17)9-4-8(10(14)5-11(9)15(18)19)12-3-2-7(6-16)21-12/h2-6H,1H3. The van der Waals surface area contributed by atoms with Crippen molar-refractivity contribution < 1.29 is 23.7 Å². The number of furan rings is 1. The molecule has 7 nitrogen and oxygen atoms in total. The zero-order valence-corrected chi connectivity index (χ0v) is 12.2. The molecule has 0 amide bonds. The van der Waals surface area contributed by atoms with Gasteiger partial charge in [-0.3, -0.25) is 14.9 Å². The van der Waals surface area contributed by atoms with E-state index in [2.05, 4.69) is 20.7 Å². The van der Waals surface area contributed by atoms with Crippen molar-refractivity contribution in [1.82, 2.24) is 0 Å². The number of aldehydes is 1. The Hall–Kier alpha value is -2.48. The van der Waals surface area contributed by atoms with E-state index in [1.807, 2.05) is 0 Å². The summed E-state index contributed by atoms with van der Waals surface area (Å²) in [7, 11) is 1.13. The Morgan fingerprint density at radius 1 is 1.43 bits per heavy atom. The lowest BCUT2D eigenvalue weighted by Gasteiger charge is -2.06. The van der Waals surface area contributed by atoms with E-state index < -0.39 is 10.9 Å². The molecule has 1 aromatic heterocycles. The Morgan fingerprint density at radius 2 is 2.14 bits per heavy atom. The molecule has 0 aliphatic rings. The molecule has 0 unspecified atom stereocenters. The molecular formula is C13H8BrNO6. The van der Waals surface area contributed by atoms with E-state index >= 15 is 0 Å². The quantitative estimate of drug-likeness (QED) is 0.362. The highest BCUT2D eigenvalue weighted by atomic mass is 79.9. The summed E-state index contributed by atoms with van der Waals surface area (Å²) in [5.74, 6) is -0.434. The summed E-state index contributed by atoms with van der Waals surface area (Å²) < 4.78 is 10.1. The maximum atomic E-state index is 11.7. The summed E-state index contributed by atoms with van der Waals surface area (Å²) in [6, 6.07) is 5.44. The van der Waals surface area contributed by atoms with Crippen LogP contribution in [0.5, 0.6) is 0 Å². The van der Waals surface area contributed by atoms with Crippen LogP contribution < -0.4 is 0 Å². The molecule has 0 fully saturated rings. The lowest BCUT2D eigenvalue weighted by atomic mass is 10.1. The third-order valence-electron chi connectivity index (χ3n) is 2.70. The van der Waals surface area contributed by atoms with Gasteiger partial charge in [0.1, 0.15) is 11.3 Å². The van der Waals surface area contributed by atoms with Crippen LogP contribution in [0.4, 0.5) is 5.69 Å². The summed E-state index contributed by atoms with van der Waals surface area (Å²) in [5.41, 5.74) is -0.196.